The van der Waals surface area contributed by atoms with Gasteiger partial charge in [0.05, 0.1) is 12.3 Å². The Morgan fingerprint density at radius 2 is 2.18 bits per heavy atom. The Hall–Kier alpha value is -2.37. The molecule has 1 aliphatic rings. The second-order valence-corrected chi connectivity index (χ2v) is 5.79. The van der Waals surface area contributed by atoms with Crippen LogP contribution in [0, 0.1) is 11.7 Å². The topological polar surface area (TPSA) is 82.2 Å². The van der Waals surface area contributed by atoms with Gasteiger partial charge in [0.15, 0.2) is 0 Å². The van der Waals surface area contributed by atoms with Crippen molar-refractivity contribution in [1.82, 2.24) is 10.3 Å². The van der Waals surface area contributed by atoms with Gasteiger partial charge in [-0.05, 0) is 43.0 Å². The van der Waals surface area contributed by atoms with E-state index in [-0.39, 0.29) is 30.1 Å². The number of aromatic amines is 1. The summed E-state index contributed by atoms with van der Waals surface area (Å²) in [6.45, 7) is 0. The summed E-state index contributed by atoms with van der Waals surface area (Å²) in [5, 5.41) is 12.7. The van der Waals surface area contributed by atoms with Crippen LogP contribution in [0.25, 0.3) is 10.9 Å². The fourth-order valence-corrected chi connectivity index (χ4v) is 3.09. The van der Waals surface area contributed by atoms with Gasteiger partial charge in [-0.25, -0.2) is 4.39 Å². The largest absolute Gasteiger partial charge is 0.481 e. The van der Waals surface area contributed by atoms with Gasteiger partial charge in [0.25, 0.3) is 0 Å². The van der Waals surface area contributed by atoms with Gasteiger partial charge < -0.3 is 15.4 Å². The number of H-pyrrole nitrogens is 1. The highest BCUT2D eigenvalue weighted by atomic mass is 19.1. The van der Waals surface area contributed by atoms with Crippen molar-refractivity contribution in [3.05, 3.63) is 35.8 Å². The summed E-state index contributed by atoms with van der Waals surface area (Å²) in [5.41, 5.74) is 1.47. The van der Waals surface area contributed by atoms with E-state index in [1.54, 1.807) is 12.3 Å². The van der Waals surface area contributed by atoms with Crippen LogP contribution in [0.3, 0.4) is 0 Å². The van der Waals surface area contributed by atoms with Gasteiger partial charge in [0.1, 0.15) is 5.82 Å². The molecule has 0 bridgehead atoms. The molecule has 116 valence electrons. The number of fused-ring (bicyclic) bond motifs is 1. The van der Waals surface area contributed by atoms with Crippen LogP contribution in [0.5, 0.6) is 0 Å². The summed E-state index contributed by atoms with van der Waals surface area (Å²) in [6, 6.07) is 4.34. The predicted molar refractivity (Wildman–Crippen MR) is 78.9 cm³/mol. The molecule has 1 fully saturated rings. The molecule has 1 aromatic heterocycles. The molecule has 0 aliphatic heterocycles. The number of amides is 1. The molecule has 1 aromatic carbocycles. The number of carboxylic acid groups (broad SMARTS) is 1. The van der Waals surface area contributed by atoms with Crippen molar-refractivity contribution in [3.63, 3.8) is 0 Å². The fourth-order valence-electron chi connectivity index (χ4n) is 3.09. The molecule has 1 heterocycles. The molecule has 1 saturated carbocycles. The van der Waals surface area contributed by atoms with Crippen molar-refractivity contribution < 1.29 is 19.1 Å². The molecule has 0 saturated heterocycles. The van der Waals surface area contributed by atoms with Crippen LogP contribution in [0.1, 0.15) is 24.8 Å². The number of rotatable bonds is 4. The van der Waals surface area contributed by atoms with Crippen LogP contribution < -0.4 is 5.32 Å². The average molecular weight is 304 g/mol. The number of carboxylic acids is 1. The highest BCUT2D eigenvalue weighted by Gasteiger charge is 2.30. The molecular weight excluding hydrogens is 287 g/mol. The third kappa shape index (κ3) is 2.95. The smallest absolute Gasteiger partial charge is 0.306 e. The minimum Gasteiger partial charge on any atom is -0.481 e. The van der Waals surface area contributed by atoms with E-state index in [9.17, 15) is 14.0 Å². The van der Waals surface area contributed by atoms with E-state index in [1.807, 2.05) is 0 Å². The summed E-state index contributed by atoms with van der Waals surface area (Å²) in [4.78, 5) is 26.0. The lowest BCUT2D eigenvalue weighted by molar-refractivity contribution is -0.141. The van der Waals surface area contributed by atoms with Crippen molar-refractivity contribution in [2.24, 2.45) is 5.92 Å². The van der Waals surface area contributed by atoms with E-state index in [0.717, 1.165) is 10.9 Å². The zero-order valence-corrected chi connectivity index (χ0v) is 11.9. The first-order chi connectivity index (χ1) is 10.5. The maximum absolute atomic E-state index is 13.1. The highest BCUT2D eigenvalue weighted by Crippen LogP contribution is 2.26. The van der Waals surface area contributed by atoms with E-state index >= 15 is 0 Å². The van der Waals surface area contributed by atoms with Crippen LogP contribution in [0.4, 0.5) is 4.39 Å². The molecule has 3 rings (SSSR count). The standard InChI is InChI=1S/C16H17FN2O3/c17-11-2-4-13-10(8-18-14(13)7-11)6-15(20)19-12-3-1-9(5-12)16(21)22/h2,4,7-9,12,18H,1,3,5-6H2,(H,19,20)(H,21,22)/t9-,12+/m0/s1. The van der Waals surface area contributed by atoms with Gasteiger partial charge in [0, 0.05) is 23.1 Å². The zero-order valence-electron chi connectivity index (χ0n) is 11.9. The van der Waals surface area contributed by atoms with Crippen LogP contribution in [-0.4, -0.2) is 28.0 Å². The van der Waals surface area contributed by atoms with Gasteiger partial charge in [0.2, 0.25) is 5.91 Å². The van der Waals surface area contributed by atoms with E-state index < -0.39 is 5.97 Å². The minimum absolute atomic E-state index is 0.0729. The SMILES string of the molecule is O=C(Cc1c[nH]c2cc(F)ccc12)N[C@@H]1CC[C@H](C(=O)O)C1. The quantitative estimate of drug-likeness (QED) is 0.810. The van der Waals surface area contributed by atoms with Crippen molar-refractivity contribution in [2.45, 2.75) is 31.7 Å². The summed E-state index contributed by atoms with van der Waals surface area (Å²) in [6.07, 6.45) is 3.69. The summed E-state index contributed by atoms with van der Waals surface area (Å²) in [7, 11) is 0. The number of aliphatic carboxylic acids is 1. The average Bonchev–Trinajstić information content (AvgIpc) is 3.06. The number of nitrogens with one attached hydrogen (secondary N) is 2. The Labute approximate surface area is 126 Å². The van der Waals surface area contributed by atoms with Crippen molar-refractivity contribution in [1.29, 1.82) is 0 Å². The first-order valence-corrected chi connectivity index (χ1v) is 7.30. The molecule has 1 aliphatic carbocycles. The number of aromatic nitrogens is 1. The summed E-state index contributed by atoms with van der Waals surface area (Å²) in [5.74, 6) is -1.62. The van der Waals surface area contributed by atoms with Crippen LogP contribution in [0.15, 0.2) is 24.4 Å². The Morgan fingerprint density at radius 3 is 2.91 bits per heavy atom. The first kappa shape index (κ1) is 14.6. The second-order valence-electron chi connectivity index (χ2n) is 5.79. The molecule has 2 aromatic rings. The van der Waals surface area contributed by atoms with Gasteiger partial charge in [-0.1, -0.05) is 0 Å². The van der Waals surface area contributed by atoms with Gasteiger partial charge in [-0.2, -0.15) is 0 Å². The maximum Gasteiger partial charge on any atom is 0.306 e. The van der Waals surface area contributed by atoms with E-state index in [0.29, 0.717) is 24.8 Å². The Kier molecular flexibility index (Phi) is 3.83. The van der Waals surface area contributed by atoms with E-state index in [4.69, 9.17) is 5.11 Å². The highest BCUT2D eigenvalue weighted by molar-refractivity contribution is 5.89. The Balaban J connectivity index is 1.63. The molecule has 3 N–H and O–H groups in total. The van der Waals surface area contributed by atoms with Crippen molar-refractivity contribution >= 4 is 22.8 Å². The normalized spacial score (nSPS) is 21.1. The number of hydrogen-bond donors (Lipinski definition) is 3. The fraction of sp³-hybridized carbons (Fsp3) is 0.375. The van der Waals surface area contributed by atoms with Crippen molar-refractivity contribution in [2.75, 3.05) is 0 Å². The van der Waals surface area contributed by atoms with Gasteiger partial charge in [-0.15, -0.1) is 0 Å². The number of benzene rings is 1. The van der Waals surface area contributed by atoms with E-state index in [2.05, 4.69) is 10.3 Å². The molecule has 22 heavy (non-hydrogen) atoms. The summed E-state index contributed by atoms with van der Waals surface area (Å²) >= 11 is 0. The molecule has 2 atom stereocenters. The zero-order chi connectivity index (χ0) is 15.7. The lowest BCUT2D eigenvalue weighted by Crippen LogP contribution is -2.34. The second kappa shape index (κ2) is 5.79. The molecule has 0 radical (unpaired) electrons. The monoisotopic (exact) mass is 304 g/mol. The number of halogens is 1. The number of hydrogen-bond acceptors (Lipinski definition) is 2. The molecule has 0 unspecified atom stereocenters. The molecule has 0 spiro atoms. The minimum atomic E-state index is -0.796. The number of carbonyl (C=O) groups excluding carboxylic acids is 1. The number of carbonyl (C=O) groups is 2. The third-order valence-electron chi connectivity index (χ3n) is 4.23. The lowest BCUT2D eigenvalue weighted by Gasteiger charge is -2.12. The molecular formula is C16H17FN2O3. The van der Waals surface area contributed by atoms with Gasteiger partial charge >= 0.3 is 5.97 Å². The predicted octanol–water partition coefficient (Wildman–Crippen LogP) is 2.22. The van der Waals surface area contributed by atoms with Crippen LogP contribution >= 0.6 is 0 Å². The molecule has 5 nitrogen and oxygen atoms in total. The third-order valence-corrected chi connectivity index (χ3v) is 4.23. The van der Waals surface area contributed by atoms with Crippen LogP contribution in [-0.2, 0) is 16.0 Å². The maximum atomic E-state index is 13.1. The molecule has 1 amide bonds. The van der Waals surface area contributed by atoms with E-state index in [1.165, 1.54) is 12.1 Å². The lowest BCUT2D eigenvalue weighted by atomic mass is 10.1. The Morgan fingerprint density at radius 1 is 1.36 bits per heavy atom. The van der Waals surface area contributed by atoms with Crippen molar-refractivity contribution in [3.8, 4) is 0 Å². The first-order valence-electron chi connectivity index (χ1n) is 7.30. The van der Waals surface area contributed by atoms with Crippen LogP contribution in [0.2, 0.25) is 0 Å². The summed E-state index contributed by atoms with van der Waals surface area (Å²) < 4.78 is 13.1. The molecule has 6 heteroatoms. The van der Waals surface area contributed by atoms with Gasteiger partial charge in [-0.3, -0.25) is 9.59 Å². The Bertz CT molecular complexity index is 725.